The summed E-state index contributed by atoms with van der Waals surface area (Å²) in [5.41, 5.74) is 3.25. The molecule has 2 aromatic carbocycles. The van der Waals surface area contributed by atoms with Gasteiger partial charge in [0.2, 0.25) is 0 Å². The molecule has 0 bridgehead atoms. The minimum absolute atomic E-state index is 0.0140. The first kappa shape index (κ1) is 20.3. The average Bonchev–Trinajstić information content (AvgIpc) is 3.02. The van der Waals surface area contributed by atoms with Crippen molar-refractivity contribution in [2.75, 3.05) is 20.6 Å². The third-order valence-electron chi connectivity index (χ3n) is 5.34. The van der Waals surface area contributed by atoms with E-state index >= 15 is 0 Å². The van der Waals surface area contributed by atoms with E-state index in [2.05, 4.69) is 17.0 Å². The Morgan fingerprint density at radius 1 is 1.07 bits per heavy atom. The van der Waals surface area contributed by atoms with Crippen molar-refractivity contribution in [3.63, 3.8) is 0 Å². The van der Waals surface area contributed by atoms with Gasteiger partial charge in [0.05, 0.1) is 5.56 Å². The fraction of sp³-hybridized carbons (Fsp3) is 0.417. The quantitative estimate of drug-likeness (QED) is 0.623. The fourth-order valence-electron chi connectivity index (χ4n) is 3.89. The zero-order valence-corrected chi connectivity index (χ0v) is 17.2. The molecule has 1 aliphatic heterocycles. The maximum atomic E-state index is 12.8. The lowest BCUT2D eigenvalue weighted by Gasteiger charge is -2.15. The Bertz CT molecular complexity index is 858. The lowest BCUT2D eigenvalue weighted by Crippen LogP contribution is -2.15. The predicted octanol–water partition coefficient (Wildman–Crippen LogP) is 4.72. The highest BCUT2D eigenvalue weighted by Gasteiger charge is 2.36. The van der Waals surface area contributed by atoms with E-state index in [0.717, 1.165) is 24.1 Å². The van der Waals surface area contributed by atoms with Crippen LogP contribution >= 0.6 is 0 Å². The van der Waals surface area contributed by atoms with Crippen molar-refractivity contribution in [2.24, 2.45) is 0 Å². The van der Waals surface area contributed by atoms with Crippen LogP contribution in [0.5, 0.6) is 5.75 Å². The molecular weight excluding hydrogens is 350 g/mol. The summed E-state index contributed by atoms with van der Waals surface area (Å²) in [7, 11) is 4.00. The molecule has 3 rings (SSSR count). The third kappa shape index (κ3) is 4.17. The Labute approximate surface area is 167 Å². The Hall–Kier alpha value is -2.46. The Kier molecular flexibility index (Phi) is 6.30. The molecule has 0 spiro atoms. The van der Waals surface area contributed by atoms with Crippen LogP contribution in [0.4, 0.5) is 0 Å². The van der Waals surface area contributed by atoms with Crippen LogP contribution in [0.3, 0.4) is 0 Å². The summed E-state index contributed by atoms with van der Waals surface area (Å²) in [6.07, 6.45) is 1.58. The van der Waals surface area contributed by atoms with Crippen molar-refractivity contribution < 1.29 is 14.3 Å². The minimum Gasteiger partial charge on any atom is -0.489 e. The fourth-order valence-corrected chi connectivity index (χ4v) is 3.89. The monoisotopic (exact) mass is 379 g/mol. The predicted molar refractivity (Wildman–Crippen MR) is 112 cm³/mol. The molecule has 2 aromatic rings. The smallest absolute Gasteiger partial charge is 0.166 e. The van der Waals surface area contributed by atoms with Crippen molar-refractivity contribution in [2.45, 2.75) is 45.1 Å². The molecule has 148 valence electrons. The van der Waals surface area contributed by atoms with E-state index in [-0.39, 0.29) is 23.6 Å². The highest BCUT2D eigenvalue weighted by molar-refractivity contribution is 6.04. The van der Waals surface area contributed by atoms with Crippen LogP contribution in [-0.2, 0) is 0 Å². The van der Waals surface area contributed by atoms with Gasteiger partial charge in [-0.1, -0.05) is 37.3 Å². The van der Waals surface area contributed by atoms with Crippen LogP contribution < -0.4 is 4.74 Å². The van der Waals surface area contributed by atoms with E-state index in [1.165, 1.54) is 0 Å². The number of benzene rings is 2. The summed E-state index contributed by atoms with van der Waals surface area (Å²) in [6, 6.07) is 13.8. The van der Waals surface area contributed by atoms with Crippen LogP contribution in [-0.4, -0.2) is 43.2 Å². The van der Waals surface area contributed by atoms with Gasteiger partial charge in [-0.15, -0.1) is 0 Å². The van der Waals surface area contributed by atoms with Gasteiger partial charge in [0, 0.05) is 29.9 Å². The number of hydrogen-bond acceptors (Lipinski definition) is 4. The number of Topliss-reactive ketones (excluding diaryl/α,β-unsaturated/α-hetero) is 2. The molecule has 2 atom stereocenters. The maximum Gasteiger partial charge on any atom is 0.166 e. The molecule has 0 saturated heterocycles. The highest BCUT2D eigenvalue weighted by Crippen LogP contribution is 2.45. The number of rotatable bonds is 8. The van der Waals surface area contributed by atoms with Gasteiger partial charge in [0.25, 0.3) is 0 Å². The Morgan fingerprint density at radius 3 is 2.43 bits per heavy atom. The standard InChI is InChI=1S/C24H29NO3/c1-5-21(26)19-14-18(22(27)12-9-13-25(3)4)15-20-23(16(2)28-24(19)20)17-10-7-6-8-11-17/h6-8,10-11,14-16,23H,5,9,12-13H2,1-4H3/t16-,23+/m1/s1. The van der Waals surface area contributed by atoms with Crippen molar-refractivity contribution in [3.8, 4) is 5.75 Å². The molecule has 1 aliphatic rings. The third-order valence-corrected chi connectivity index (χ3v) is 5.34. The van der Waals surface area contributed by atoms with Gasteiger partial charge in [0.1, 0.15) is 11.9 Å². The average molecular weight is 380 g/mol. The van der Waals surface area contributed by atoms with Gasteiger partial charge < -0.3 is 9.64 Å². The van der Waals surface area contributed by atoms with Crippen LogP contribution in [0.2, 0.25) is 0 Å². The van der Waals surface area contributed by atoms with Crippen LogP contribution in [0, 0.1) is 0 Å². The van der Waals surface area contributed by atoms with Gasteiger partial charge in [-0.2, -0.15) is 0 Å². The molecule has 1 heterocycles. The first-order valence-corrected chi connectivity index (χ1v) is 10.0. The SMILES string of the molecule is CCC(=O)c1cc(C(=O)CCCN(C)C)cc2c1O[C@H](C)[C@H]2c1ccccc1. The van der Waals surface area contributed by atoms with E-state index in [4.69, 9.17) is 4.74 Å². The number of carbonyl (C=O) groups is 2. The van der Waals surface area contributed by atoms with Crippen molar-refractivity contribution in [3.05, 3.63) is 64.7 Å². The number of ether oxygens (including phenoxy) is 1. The van der Waals surface area contributed by atoms with E-state index in [0.29, 0.717) is 29.7 Å². The summed E-state index contributed by atoms with van der Waals surface area (Å²) in [4.78, 5) is 27.5. The Balaban J connectivity index is 2.02. The highest BCUT2D eigenvalue weighted by atomic mass is 16.5. The second kappa shape index (κ2) is 8.70. The van der Waals surface area contributed by atoms with Crippen molar-refractivity contribution in [1.82, 2.24) is 4.90 Å². The number of carbonyl (C=O) groups excluding carboxylic acids is 2. The zero-order chi connectivity index (χ0) is 20.3. The molecule has 28 heavy (non-hydrogen) atoms. The summed E-state index contributed by atoms with van der Waals surface area (Å²) >= 11 is 0. The molecule has 4 nitrogen and oxygen atoms in total. The minimum atomic E-state index is -0.0834. The van der Waals surface area contributed by atoms with Crippen molar-refractivity contribution >= 4 is 11.6 Å². The van der Waals surface area contributed by atoms with Crippen molar-refractivity contribution in [1.29, 1.82) is 0 Å². The molecule has 0 N–H and O–H groups in total. The molecular formula is C24H29NO3. The molecule has 0 aliphatic carbocycles. The van der Waals surface area contributed by atoms with Gasteiger partial charge >= 0.3 is 0 Å². The van der Waals surface area contributed by atoms with E-state index in [9.17, 15) is 9.59 Å². The summed E-state index contributed by atoms with van der Waals surface area (Å²) in [6.45, 7) is 4.73. The van der Waals surface area contributed by atoms with Crippen LogP contribution in [0.15, 0.2) is 42.5 Å². The number of nitrogens with zero attached hydrogens (tertiary/aromatic N) is 1. The normalized spacial score (nSPS) is 18.0. The topological polar surface area (TPSA) is 46.6 Å². The molecule has 0 unspecified atom stereocenters. The molecule has 4 heteroatoms. The second-order valence-electron chi connectivity index (χ2n) is 7.76. The van der Waals surface area contributed by atoms with Crippen LogP contribution in [0.25, 0.3) is 0 Å². The van der Waals surface area contributed by atoms with Gasteiger partial charge in [-0.3, -0.25) is 9.59 Å². The largest absolute Gasteiger partial charge is 0.489 e. The lowest BCUT2D eigenvalue weighted by molar-refractivity contribution is 0.0977. The van der Waals surface area contributed by atoms with E-state index in [1.54, 1.807) is 6.07 Å². The summed E-state index contributed by atoms with van der Waals surface area (Å²) < 4.78 is 6.14. The van der Waals surface area contributed by atoms with Gasteiger partial charge in [0.15, 0.2) is 11.6 Å². The second-order valence-corrected chi connectivity index (χ2v) is 7.76. The molecule has 0 amide bonds. The first-order chi connectivity index (χ1) is 13.4. The molecule has 0 saturated carbocycles. The Morgan fingerprint density at radius 2 is 1.79 bits per heavy atom. The van der Waals surface area contributed by atoms with Gasteiger partial charge in [-0.25, -0.2) is 0 Å². The van der Waals surface area contributed by atoms with Crippen LogP contribution in [0.1, 0.15) is 70.9 Å². The van der Waals surface area contributed by atoms with E-state index < -0.39 is 0 Å². The molecule has 0 aromatic heterocycles. The first-order valence-electron chi connectivity index (χ1n) is 10.0. The molecule has 0 fully saturated rings. The summed E-state index contributed by atoms with van der Waals surface area (Å²) in [5, 5.41) is 0. The van der Waals surface area contributed by atoms with Gasteiger partial charge in [-0.05, 0) is 51.7 Å². The summed E-state index contributed by atoms with van der Waals surface area (Å²) in [5.74, 6) is 0.772. The van der Waals surface area contributed by atoms with E-state index in [1.807, 2.05) is 52.2 Å². The molecule has 0 radical (unpaired) electrons. The number of ketones is 2. The maximum absolute atomic E-state index is 12.8. The zero-order valence-electron chi connectivity index (χ0n) is 17.2. The number of fused-ring (bicyclic) bond motifs is 1. The number of hydrogen-bond donors (Lipinski definition) is 0. The lowest BCUT2D eigenvalue weighted by atomic mass is 9.86.